The van der Waals surface area contributed by atoms with Crippen molar-refractivity contribution in [2.75, 3.05) is 25.0 Å². The van der Waals surface area contributed by atoms with Crippen molar-refractivity contribution in [3.8, 4) is 11.8 Å². The highest BCUT2D eigenvalue weighted by Gasteiger charge is 2.53. The third-order valence-electron chi connectivity index (χ3n) is 7.45. The van der Waals surface area contributed by atoms with Gasteiger partial charge in [0.1, 0.15) is 5.82 Å². The second kappa shape index (κ2) is 12.5. The first kappa shape index (κ1) is 29.5. The van der Waals surface area contributed by atoms with Crippen LogP contribution in [0.2, 0.25) is 10.0 Å². The Morgan fingerprint density at radius 2 is 1.98 bits per heavy atom. The molecule has 0 spiro atoms. The van der Waals surface area contributed by atoms with E-state index in [0.717, 1.165) is 0 Å². The van der Waals surface area contributed by atoms with Crippen molar-refractivity contribution in [1.29, 1.82) is 5.41 Å². The Bertz CT molecular complexity index is 1610. The molecular formula is C31H28Cl2FN5O3. The number of halogens is 3. The molecule has 2 heterocycles. The number of hydrogen-bond donors (Lipinski definition) is 5. The molecule has 1 saturated heterocycles. The number of amides is 2. The van der Waals surface area contributed by atoms with Gasteiger partial charge in [0.25, 0.3) is 5.91 Å². The minimum atomic E-state index is -0.814. The van der Waals surface area contributed by atoms with Gasteiger partial charge in [0, 0.05) is 34.3 Å². The van der Waals surface area contributed by atoms with Crippen LogP contribution in [-0.4, -0.2) is 65.4 Å². The Labute approximate surface area is 252 Å². The van der Waals surface area contributed by atoms with Gasteiger partial charge in [-0.1, -0.05) is 54.2 Å². The average Bonchev–Trinajstić information content (AvgIpc) is 3.30. The highest BCUT2D eigenvalue weighted by atomic mass is 35.5. The van der Waals surface area contributed by atoms with Crippen LogP contribution in [0.25, 0.3) is 0 Å². The minimum absolute atomic E-state index is 0.0531. The average molecular weight is 609 g/mol. The predicted octanol–water partition coefficient (Wildman–Crippen LogP) is 3.78. The summed E-state index contributed by atoms with van der Waals surface area (Å²) in [7, 11) is 0. The summed E-state index contributed by atoms with van der Waals surface area (Å²) in [6.45, 7) is 2.28. The summed E-state index contributed by atoms with van der Waals surface area (Å²) in [4.78, 5) is 28.1. The monoisotopic (exact) mass is 607 g/mol. The van der Waals surface area contributed by atoms with Gasteiger partial charge in [0.2, 0.25) is 5.91 Å². The number of allylic oxidation sites excluding steroid dienone is 4. The number of likely N-dealkylation sites (tertiary alicyclic amines) is 1. The van der Waals surface area contributed by atoms with E-state index in [1.54, 1.807) is 48.6 Å². The van der Waals surface area contributed by atoms with Gasteiger partial charge >= 0.3 is 0 Å². The largest absolute Gasteiger partial charge is 0.395 e. The second-order valence-electron chi connectivity index (χ2n) is 9.94. The number of likely N-dealkylation sites (N-methyl/N-ethyl adjacent to an activating group) is 1. The third-order valence-corrected chi connectivity index (χ3v) is 7.98. The van der Waals surface area contributed by atoms with Crippen LogP contribution in [0.5, 0.6) is 0 Å². The van der Waals surface area contributed by atoms with Gasteiger partial charge in [-0.2, -0.15) is 0 Å². The highest BCUT2D eigenvalue weighted by molar-refractivity contribution is 6.31. The van der Waals surface area contributed by atoms with E-state index in [1.807, 2.05) is 11.8 Å². The summed E-state index contributed by atoms with van der Waals surface area (Å²) in [5.41, 5.74) is 2.01. The van der Waals surface area contributed by atoms with Crippen LogP contribution >= 0.6 is 23.2 Å². The fraction of sp³-hybridized carbons (Fsp3) is 0.258. The van der Waals surface area contributed by atoms with Gasteiger partial charge in [-0.25, -0.2) is 4.39 Å². The molecule has 0 saturated carbocycles. The molecule has 1 aliphatic carbocycles. The normalized spacial score (nSPS) is 24.7. The zero-order valence-corrected chi connectivity index (χ0v) is 24.1. The number of benzene rings is 2. The van der Waals surface area contributed by atoms with E-state index in [0.29, 0.717) is 28.5 Å². The van der Waals surface area contributed by atoms with E-state index >= 15 is 4.39 Å². The number of hydrogen-bond acceptors (Lipinski definition) is 6. The molecule has 3 aliphatic rings. The molecule has 2 amide bonds. The summed E-state index contributed by atoms with van der Waals surface area (Å²) >= 11 is 12.3. The molecule has 2 aliphatic heterocycles. The predicted molar refractivity (Wildman–Crippen MR) is 161 cm³/mol. The maximum Gasteiger partial charge on any atom is 0.251 e. The Morgan fingerprint density at radius 3 is 2.69 bits per heavy atom. The molecule has 0 bridgehead atoms. The summed E-state index contributed by atoms with van der Waals surface area (Å²) in [6.07, 6.45) is 4.62. The third kappa shape index (κ3) is 5.72. The van der Waals surface area contributed by atoms with Crippen LogP contribution in [0.1, 0.15) is 18.4 Å². The maximum absolute atomic E-state index is 15.6. The van der Waals surface area contributed by atoms with Crippen LogP contribution in [0.4, 0.5) is 10.1 Å². The van der Waals surface area contributed by atoms with Gasteiger partial charge < -0.3 is 26.5 Å². The topological polar surface area (TPSA) is 118 Å². The molecule has 216 valence electrons. The molecule has 5 N–H and O–H groups in total. The van der Waals surface area contributed by atoms with Gasteiger partial charge in [-0.3, -0.25) is 14.5 Å². The lowest BCUT2D eigenvalue weighted by molar-refractivity contribution is -0.121. The van der Waals surface area contributed by atoms with Crippen molar-refractivity contribution < 1.29 is 19.1 Å². The molecule has 1 unspecified atom stereocenters. The Kier molecular flexibility index (Phi) is 8.80. The van der Waals surface area contributed by atoms with E-state index < -0.39 is 35.8 Å². The molecule has 5 rings (SSSR count). The summed E-state index contributed by atoms with van der Waals surface area (Å²) in [6, 6.07) is 9.74. The van der Waals surface area contributed by atoms with Gasteiger partial charge in [0.15, 0.2) is 0 Å². The first-order valence-corrected chi connectivity index (χ1v) is 14.1. The van der Waals surface area contributed by atoms with Crippen LogP contribution in [0, 0.1) is 23.1 Å². The number of carbonyl (C=O) groups is 2. The van der Waals surface area contributed by atoms with E-state index in [1.165, 1.54) is 12.1 Å². The molecule has 1 fully saturated rings. The van der Waals surface area contributed by atoms with Crippen LogP contribution < -0.4 is 16.0 Å². The molecule has 0 aromatic heterocycles. The zero-order valence-electron chi connectivity index (χ0n) is 22.5. The fourth-order valence-electron chi connectivity index (χ4n) is 5.62. The highest BCUT2D eigenvalue weighted by Crippen LogP contribution is 2.42. The Morgan fingerprint density at radius 1 is 1.19 bits per heavy atom. The number of rotatable bonds is 7. The summed E-state index contributed by atoms with van der Waals surface area (Å²) in [5.74, 6) is 4.29. The zero-order chi connectivity index (χ0) is 30.0. The van der Waals surface area contributed by atoms with Crippen molar-refractivity contribution in [2.45, 2.75) is 31.0 Å². The van der Waals surface area contributed by atoms with Gasteiger partial charge in [0.05, 0.1) is 41.2 Å². The number of carbonyl (C=O) groups excluding carboxylic acids is 2. The first-order valence-electron chi connectivity index (χ1n) is 13.4. The molecule has 4 atom stereocenters. The van der Waals surface area contributed by atoms with Crippen molar-refractivity contribution >= 4 is 46.4 Å². The van der Waals surface area contributed by atoms with E-state index in [2.05, 4.69) is 27.8 Å². The Hall–Kier alpha value is -3.94. The smallest absolute Gasteiger partial charge is 0.251 e. The number of aliphatic hydroxyl groups excluding tert-OH is 1. The van der Waals surface area contributed by atoms with Crippen molar-refractivity contribution in [1.82, 2.24) is 15.5 Å². The lowest BCUT2D eigenvalue weighted by Crippen LogP contribution is -2.46. The van der Waals surface area contributed by atoms with E-state index in [9.17, 15) is 9.59 Å². The SMILES string of the molecule is CCN1C2C#C/C(=C3\C=CC(C(=O)NCCO)=CC3=N)N[C@H]2[C@H](c2cccc(Cl)c2F)[C@@H]1C(=O)Nc1cccc(Cl)c1. The molecule has 8 nitrogen and oxygen atoms in total. The number of nitrogens with one attached hydrogen (secondary N) is 4. The number of aliphatic hydroxyl groups is 1. The summed E-state index contributed by atoms with van der Waals surface area (Å²) < 4.78 is 15.6. The molecule has 2 aromatic carbocycles. The molecule has 11 heteroatoms. The molecule has 0 radical (unpaired) electrons. The molecule has 2 aromatic rings. The maximum atomic E-state index is 15.6. The molecular weight excluding hydrogens is 580 g/mol. The lowest BCUT2D eigenvalue weighted by Gasteiger charge is -2.29. The fourth-order valence-corrected chi connectivity index (χ4v) is 5.99. The first-order chi connectivity index (χ1) is 20.2. The second-order valence-corrected chi connectivity index (χ2v) is 10.8. The van der Waals surface area contributed by atoms with E-state index in [-0.39, 0.29) is 40.9 Å². The van der Waals surface area contributed by atoms with Gasteiger partial charge in [-0.15, -0.1) is 0 Å². The summed E-state index contributed by atoms with van der Waals surface area (Å²) in [5, 5.41) is 26.9. The van der Waals surface area contributed by atoms with Crippen molar-refractivity contribution in [3.05, 3.63) is 99.0 Å². The number of nitrogens with zero attached hydrogens (tertiary/aromatic N) is 1. The standard InChI is InChI=1S/C31H28Cl2FN5O3/c1-2-39-25-12-11-24(20-10-9-17(15-23(20)35)30(41)36-13-14-40)38-28(25)26(21-7-4-8-22(33)27(21)34)29(39)31(42)37-19-6-3-5-18(32)16-19/h3-10,15-16,25-26,28-29,35,38,40H,2,13-14H2,1H3,(H,36,41)(H,37,42)/b24-20-,35-23?/t25?,26-,28+,29+/m0/s1. The van der Waals surface area contributed by atoms with Crippen LogP contribution in [0.15, 0.2) is 77.5 Å². The number of anilines is 1. The van der Waals surface area contributed by atoms with Gasteiger partial charge in [-0.05, 0) is 60.5 Å². The quantitative estimate of drug-likeness (QED) is 0.307. The minimum Gasteiger partial charge on any atom is -0.395 e. The van der Waals surface area contributed by atoms with E-state index in [4.69, 9.17) is 33.7 Å². The molecule has 42 heavy (non-hydrogen) atoms. The van der Waals surface area contributed by atoms with Crippen LogP contribution in [0.3, 0.4) is 0 Å². The van der Waals surface area contributed by atoms with Crippen molar-refractivity contribution in [3.63, 3.8) is 0 Å². The Balaban J connectivity index is 1.52. The lowest BCUT2D eigenvalue weighted by atomic mass is 9.84. The van der Waals surface area contributed by atoms with Crippen LogP contribution in [-0.2, 0) is 9.59 Å². The van der Waals surface area contributed by atoms with Crippen molar-refractivity contribution in [2.24, 2.45) is 0 Å². The number of fused-ring (bicyclic) bond motifs is 1.